The Kier molecular flexibility index (Phi) is 5.05. The molecule has 2 N–H and O–H groups in total. The Hall–Kier alpha value is -0.290. The van der Waals surface area contributed by atoms with E-state index < -0.39 is 12.7 Å². The summed E-state index contributed by atoms with van der Waals surface area (Å²) < 4.78 is 36.6. The van der Waals surface area contributed by atoms with E-state index in [0.29, 0.717) is 19.0 Å². The highest BCUT2D eigenvalue weighted by atomic mass is 19.4. The van der Waals surface area contributed by atoms with Crippen molar-refractivity contribution in [3.63, 3.8) is 0 Å². The van der Waals surface area contributed by atoms with Gasteiger partial charge in [0, 0.05) is 6.04 Å². The van der Waals surface area contributed by atoms with Crippen molar-refractivity contribution < 1.29 is 13.2 Å². The van der Waals surface area contributed by atoms with Gasteiger partial charge in [0.2, 0.25) is 0 Å². The molecule has 0 saturated heterocycles. The van der Waals surface area contributed by atoms with Gasteiger partial charge in [-0.05, 0) is 38.3 Å². The molecule has 1 rings (SSSR count). The van der Waals surface area contributed by atoms with Crippen molar-refractivity contribution in [3.05, 3.63) is 0 Å². The summed E-state index contributed by atoms with van der Waals surface area (Å²) in [4.78, 5) is 1.45. The molecule has 5 heteroatoms. The third-order valence-corrected chi connectivity index (χ3v) is 3.38. The molecule has 1 saturated carbocycles. The van der Waals surface area contributed by atoms with Crippen molar-refractivity contribution in [1.82, 2.24) is 4.90 Å². The second-order valence-corrected chi connectivity index (χ2v) is 4.63. The number of hydrogen-bond acceptors (Lipinski definition) is 2. The van der Waals surface area contributed by atoms with E-state index in [4.69, 9.17) is 5.73 Å². The Labute approximate surface area is 95.0 Å². The lowest BCUT2D eigenvalue weighted by molar-refractivity contribution is -0.145. The van der Waals surface area contributed by atoms with Crippen molar-refractivity contribution in [2.45, 2.75) is 44.8 Å². The zero-order valence-electron chi connectivity index (χ0n) is 9.76. The summed E-state index contributed by atoms with van der Waals surface area (Å²) in [5.41, 5.74) is 5.89. The van der Waals surface area contributed by atoms with Gasteiger partial charge in [0.25, 0.3) is 0 Å². The maximum atomic E-state index is 12.2. The first-order chi connectivity index (χ1) is 7.42. The zero-order chi connectivity index (χ0) is 12.2. The first-order valence-electron chi connectivity index (χ1n) is 5.97. The fourth-order valence-corrected chi connectivity index (χ4v) is 2.37. The fraction of sp³-hybridized carbons (Fsp3) is 1.00. The smallest absolute Gasteiger partial charge is 0.327 e. The molecule has 0 aliphatic heterocycles. The summed E-state index contributed by atoms with van der Waals surface area (Å²) in [5, 5.41) is 0. The lowest BCUT2D eigenvalue weighted by Gasteiger charge is -2.24. The van der Waals surface area contributed by atoms with Crippen LogP contribution in [0.1, 0.15) is 32.6 Å². The molecule has 1 aliphatic carbocycles. The number of halogens is 3. The lowest BCUT2D eigenvalue weighted by Crippen LogP contribution is -2.36. The molecular formula is C11H21F3N2. The number of alkyl halides is 3. The molecule has 2 atom stereocenters. The minimum Gasteiger partial charge on any atom is -0.327 e. The van der Waals surface area contributed by atoms with E-state index in [9.17, 15) is 13.2 Å². The Balaban J connectivity index is 2.28. The van der Waals surface area contributed by atoms with Crippen molar-refractivity contribution in [3.8, 4) is 0 Å². The fourth-order valence-electron chi connectivity index (χ4n) is 2.37. The molecule has 16 heavy (non-hydrogen) atoms. The Morgan fingerprint density at radius 1 is 1.31 bits per heavy atom. The lowest BCUT2D eigenvalue weighted by atomic mass is 10.00. The van der Waals surface area contributed by atoms with Crippen LogP contribution < -0.4 is 5.73 Å². The van der Waals surface area contributed by atoms with Crippen LogP contribution in [0, 0.1) is 5.92 Å². The molecule has 0 radical (unpaired) electrons. The summed E-state index contributed by atoms with van der Waals surface area (Å²) in [5.74, 6) is 0.419. The molecule has 0 spiro atoms. The average molecular weight is 238 g/mol. The van der Waals surface area contributed by atoms with Crippen molar-refractivity contribution in [1.29, 1.82) is 0 Å². The van der Waals surface area contributed by atoms with Crippen molar-refractivity contribution >= 4 is 0 Å². The van der Waals surface area contributed by atoms with E-state index in [-0.39, 0.29) is 6.04 Å². The Morgan fingerprint density at radius 2 is 2.00 bits per heavy atom. The predicted molar refractivity (Wildman–Crippen MR) is 58.1 cm³/mol. The van der Waals surface area contributed by atoms with Gasteiger partial charge in [-0.1, -0.05) is 13.3 Å². The van der Waals surface area contributed by atoms with Gasteiger partial charge in [-0.2, -0.15) is 13.2 Å². The molecule has 2 nitrogen and oxygen atoms in total. The van der Waals surface area contributed by atoms with Gasteiger partial charge < -0.3 is 5.73 Å². The largest absolute Gasteiger partial charge is 0.401 e. The van der Waals surface area contributed by atoms with E-state index in [1.807, 2.05) is 0 Å². The molecule has 0 aromatic heterocycles. The third-order valence-electron chi connectivity index (χ3n) is 3.38. The average Bonchev–Trinajstić information content (AvgIpc) is 2.57. The van der Waals surface area contributed by atoms with Gasteiger partial charge in [-0.3, -0.25) is 4.90 Å². The molecule has 0 amide bonds. The first-order valence-corrected chi connectivity index (χ1v) is 5.97. The highest BCUT2D eigenvalue weighted by Crippen LogP contribution is 2.27. The molecule has 0 aromatic carbocycles. The summed E-state index contributed by atoms with van der Waals surface area (Å²) in [6.07, 6.45) is -0.0725. The van der Waals surface area contributed by atoms with Gasteiger partial charge in [-0.15, -0.1) is 0 Å². The summed E-state index contributed by atoms with van der Waals surface area (Å²) in [6, 6.07) is 0.199. The topological polar surface area (TPSA) is 29.3 Å². The van der Waals surface area contributed by atoms with Crippen LogP contribution in [-0.4, -0.2) is 36.8 Å². The van der Waals surface area contributed by atoms with E-state index >= 15 is 0 Å². The highest BCUT2D eigenvalue weighted by molar-refractivity contribution is 4.81. The number of nitrogens with two attached hydrogens (primary N) is 1. The van der Waals surface area contributed by atoms with Crippen molar-refractivity contribution in [2.75, 3.05) is 19.6 Å². The quantitative estimate of drug-likeness (QED) is 0.797. The second kappa shape index (κ2) is 5.87. The van der Waals surface area contributed by atoms with E-state index in [2.05, 4.69) is 0 Å². The molecular weight excluding hydrogens is 217 g/mol. The standard InChI is InChI=1S/C11H21F3N2/c1-2-16(8-11(12,13)14)7-6-9-4-3-5-10(9)15/h9-10H,2-8,15H2,1H3. The van der Waals surface area contributed by atoms with Crippen LogP contribution in [0.3, 0.4) is 0 Å². The van der Waals surface area contributed by atoms with Crippen LogP contribution >= 0.6 is 0 Å². The van der Waals surface area contributed by atoms with Crippen LogP contribution in [0.5, 0.6) is 0 Å². The number of hydrogen-bond donors (Lipinski definition) is 1. The first kappa shape index (κ1) is 13.8. The maximum Gasteiger partial charge on any atom is 0.401 e. The number of nitrogens with zero attached hydrogens (tertiary/aromatic N) is 1. The number of rotatable bonds is 5. The molecule has 1 fully saturated rings. The molecule has 2 unspecified atom stereocenters. The summed E-state index contributed by atoms with van der Waals surface area (Å²) in [7, 11) is 0. The highest BCUT2D eigenvalue weighted by Gasteiger charge is 2.31. The molecule has 1 aliphatic rings. The SMILES string of the molecule is CCN(CCC1CCCC1N)CC(F)(F)F. The van der Waals surface area contributed by atoms with E-state index in [1.54, 1.807) is 6.92 Å². The van der Waals surface area contributed by atoms with Gasteiger partial charge in [0.05, 0.1) is 6.54 Å². The third kappa shape index (κ3) is 4.70. The van der Waals surface area contributed by atoms with Gasteiger partial charge in [0.15, 0.2) is 0 Å². The van der Waals surface area contributed by atoms with Crippen LogP contribution in [0.4, 0.5) is 13.2 Å². The predicted octanol–water partition coefficient (Wildman–Crippen LogP) is 2.39. The summed E-state index contributed by atoms with van der Waals surface area (Å²) in [6.45, 7) is 1.92. The zero-order valence-corrected chi connectivity index (χ0v) is 9.76. The Bertz CT molecular complexity index is 206. The minimum atomic E-state index is -4.09. The van der Waals surface area contributed by atoms with Gasteiger partial charge >= 0.3 is 6.18 Å². The van der Waals surface area contributed by atoms with Gasteiger partial charge in [-0.25, -0.2) is 0 Å². The molecule has 0 bridgehead atoms. The van der Waals surface area contributed by atoms with Crippen LogP contribution in [0.2, 0.25) is 0 Å². The minimum absolute atomic E-state index is 0.199. The van der Waals surface area contributed by atoms with E-state index in [0.717, 1.165) is 25.7 Å². The second-order valence-electron chi connectivity index (χ2n) is 4.63. The monoisotopic (exact) mass is 238 g/mol. The molecule has 0 heterocycles. The molecule has 96 valence electrons. The normalized spacial score (nSPS) is 26.6. The Morgan fingerprint density at radius 3 is 2.44 bits per heavy atom. The van der Waals surface area contributed by atoms with E-state index in [1.165, 1.54) is 4.90 Å². The van der Waals surface area contributed by atoms with Gasteiger partial charge in [0.1, 0.15) is 0 Å². The maximum absolute atomic E-state index is 12.2. The van der Waals surface area contributed by atoms with Crippen LogP contribution in [0.25, 0.3) is 0 Å². The molecule has 0 aromatic rings. The van der Waals surface area contributed by atoms with Crippen molar-refractivity contribution in [2.24, 2.45) is 11.7 Å². The summed E-state index contributed by atoms with van der Waals surface area (Å²) >= 11 is 0. The van der Waals surface area contributed by atoms with Crippen LogP contribution in [-0.2, 0) is 0 Å². The van der Waals surface area contributed by atoms with Crippen LogP contribution in [0.15, 0.2) is 0 Å².